The number of carbonyl (C=O) groups is 7. The lowest BCUT2D eigenvalue weighted by molar-refractivity contribution is -0.231. The zero-order valence-electron chi connectivity index (χ0n) is 36.1. The number of rotatable bonds is 20. The number of nitrogens with zero attached hydrogens (tertiary/aromatic N) is 1. The van der Waals surface area contributed by atoms with Crippen molar-refractivity contribution in [1.82, 2.24) is 5.32 Å². The number of nitrogens with one attached hydrogen (secondary N) is 1. The summed E-state index contributed by atoms with van der Waals surface area (Å²) in [5.74, 6) is -4.96. The van der Waals surface area contributed by atoms with Crippen molar-refractivity contribution in [3.63, 3.8) is 0 Å². The molecule has 0 fully saturated rings. The Hall–Kier alpha value is -6.18. The van der Waals surface area contributed by atoms with Crippen molar-refractivity contribution < 1.29 is 90.3 Å². The molecule has 0 unspecified atom stereocenters. The lowest BCUT2D eigenvalue weighted by Crippen LogP contribution is -2.48. The van der Waals surface area contributed by atoms with Crippen molar-refractivity contribution in [2.75, 3.05) is 67.2 Å². The summed E-state index contributed by atoms with van der Waals surface area (Å²) < 4.78 is 40.2. The molecule has 0 saturated heterocycles. The van der Waals surface area contributed by atoms with E-state index in [2.05, 4.69) is 28.4 Å². The van der Waals surface area contributed by atoms with Gasteiger partial charge >= 0.3 is 52.9 Å². The van der Waals surface area contributed by atoms with E-state index in [1.807, 2.05) is 6.55 Å². The molecule has 0 aliphatic heterocycles. The molecule has 2 aromatic carbocycles. The molecule has 0 saturated carbocycles. The lowest BCUT2D eigenvalue weighted by atomic mass is 10.1. The number of amides is 1. The first-order valence-electron chi connectivity index (χ1n) is 17.9. The van der Waals surface area contributed by atoms with Gasteiger partial charge in [0.15, 0.2) is 0 Å². The standard InChI is InChI=1S/C18H25NO7Si.C14H14O6.C5H11NO3Si.C2H4O3/c1-13(2)17(21)25-10-11-26-18(22)15-9-7-6-8-14(15)16(20)19-12-27(5,23-3)24-4;1-9(2)13(17)19-7-8-20-14(18)11-6-4-3-5-10(11)12(15)16;1-8-10(3,9-2)5-6-4-7;1-2(3)5-4/h6-9H,1,10-12H2,2-5H3,(H,19,20);3-6H,1,7-8H2,2H3,(H,15,16);5H2,1-3H3;4H,1H3. The van der Waals surface area contributed by atoms with Gasteiger partial charge in [-0.2, -0.15) is 5.26 Å². The van der Waals surface area contributed by atoms with E-state index >= 15 is 0 Å². The number of esters is 4. The largest absolute Gasteiger partial charge is 0.478 e. The average Bonchev–Trinajstić information content (AvgIpc) is 3.27. The quantitative estimate of drug-likeness (QED) is 0.0197. The molecule has 0 heterocycles. The first kappa shape index (κ1) is 57.9. The van der Waals surface area contributed by atoms with Crippen LogP contribution in [0.4, 0.5) is 0 Å². The number of carboxylic acid groups (broad SMARTS) is 1. The Morgan fingerprint density at radius 3 is 1.34 bits per heavy atom. The minimum Gasteiger partial charge on any atom is -0.478 e. The SMILES string of the molecule is C=C(C)C(=O)OCCOC(=O)c1ccccc1C(=O)NC[Si](C)(OC)OC.C=C(C)C(=O)OCCOC(=O)c1ccccc1C(=O)O.CC(=O)OO.CO[Si](C)(CN=C=O)OC. The molecule has 0 aliphatic carbocycles. The molecule has 2 rings (SSSR count). The van der Waals surface area contributed by atoms with Crippen molar-refractivity contribution in [3.8, 4) is 0 Å². The number of benzene rings is 2. The van der Waals surface area contributed by atoms with Crippen molar-refractivity contribution in [2.24, 2.45) is 4.99 Å². The fraction of sp³-hybridized carbons (Fsp3) is 0.385. The highest BCUT2D eigenvalue weighted by Gasteiger charge is 2.30. The van der Waals surface area contributed by atoms with Crippen LogP contribution in [0.25, 0.3) is 0 Å². The average molecular weight is 911 g/mol. The molecule has 62 heavy (non-hydrogen) atoms. The predicted molar refractivity (Wildman–Crippen MR) is 223 cm³/mol. The highest BCUT2D eigenvalue weighted by Crippen LogP contribution is 2.13. The van der Waals surface area contributed by atoms with E-state index < -0.39 is 58.8 Å². The zero-order chi connectivity index (χ0) is 47.9. The highest BCUT2D eigenvalue weighted by atomic mass is 28.4. The number of ether oxygens (including phenoxy) is 4. The molecule has 0 aromatic heterocycles. The van der Waals surface area contributed by atoms with Crippen LogP contribution >= 0.6 is 0 Å². The molecule has 3 N–H and O–H groups in total. The summed E-state index contributed by atoms with van der Waals surface area (Å²) in [5.41, 5.74) is 0.589. The summed E-state index contributed by atoms with van der Waals surface area (Å²) in [6, 6.07) is 12.0. The number of carboxylic acids is 1. The molecule has 23 heteroatoms. The van der Waals surface area contributed by atoms with Gasteiger partial charge < -0.3 is 52.0 Å². The van der Waals surface area contributed by atoms with Gasteiger partial charge in [-0.1, -0.05) is 37.4 Å². The van der Waals surface area contributed by atoms with Crippen LogP contribution in [0.2, 0.25) is 13.1 Å². The third-order valence-corrected chi connectivity index (χ3v) is 12.4. The van der Waals surface area contributed by atoms with E-state index in [1.54, 1.807) is 32.9 Å². The lowest BCUT2D eigenvalue weighted by Gasteiger charge is -2.23. The van der Waals surface area contributed by atoms with Gasteiger partial charge in [0.1, 0.15) is 26.4 Å². The summed E-state index contributed by atoms with van der Waals surface area (Å²) in [5, 5.41) is 18.9. The predicted octanol–water partition coefficient (Wildman–Crippen LogP) is 3.51. The topological polar surface area (TPSA) is 284 Å². The Morgan fingerprint density at radius 2 is 1.00 bits per heavy atom. The Morgan fingerprint density at radius 1 is 0.645 bits per heavy atom. The molecule has 2 aromatic rings. The van der Waals surface area contributed by atoms with Gasteiger partial charge in [0.2, 0.25) is 6.08 Å². The molecule has 0 radical (unpaired) electrons. The molecule has 0 spiro atoms. The number of aromatic carboxylic acids is 1. The van der Waals surface area contributed by atoms with Gasteiger partial charge in [-0.3, -0.25) is 4.79 Å². The van der Waals surface area contributed by atoms with Crippen LogP contribution in [0.1, 0.15) is 62.2 Å². The van der Waals surface area contributed by atoms with E-state index in [9.17, 15) is 38.4 Å². The van der Waals surface area contributed by atoms with Gasteiger partial charge in [-0.15, -0.1) is 0 Å². The van der Waals surface area contributed by atoms with E-state index in [0.717, 1.165) is 6.92 Å². The maximum absolute atomic E-state index is 12.5. The summed E-state index contributed by atoms with van der Waals surface area (Å²) in [7, 11) is 1.51. The third-order valence-electron chi connectivity index (χ3n) is 7.42. The molecule has 0 atom stereocenters. The second kappa shape index (κ2) is 31.7. The number of hydrogen-bond acceptors (Lipinski definition) is 19. The third kappa shape index (κ3) is 24.2. The zero-order valence-corrected chi connectivity index (χ0v) is 38.1. The maximum atomic E-state index is 12.5. The van der Waals surface area contributed by atoms with Gasteiger partial charge in [-0.05, 0) is 51.2 Å². The van der Waals surface area contributed by atoms with Crippen LogP contribution in [0, 0.1) is 0 Å². The number of hydrogen-bond donors (Lipinski definition) is 3. The van der Waals surface area contributed by atoms with Crippen LogP contribution in [-0.4, -0.2) is 142 Å². The van der Waals surface area contributed by atoms with Crippen LogP contribution < -0.4 is 5.32 Å². The Labute approximate surface area is 361 Å². The first-order chi connectivity index (χ1) is 29.1. The summed E-state index contributed by atoms with van der Waals surface area (Å²) in [6.45, 7) is 14.1. The number of carbonyl (C=O) groups excluding carboxylic acids is 7. The van der Waals surface area contributed by atoms with Crippen molar-refractivity contribution in [3.05, 3.63) is 95.1 Å². The van der Waals surface area contributed by atoms with Crippen LogP contribution in [0.3, 0.4) is 0 Å². The van der Waals surface area contributed by atoms with Crippen LogP contribution in [0.15, 0.2) is 77.8 Å². The Bertz CT molecular complexity index is 1870. The minimum atomic E-state index is -2.49. The van der Waals surface area contributed by atoms with Crippen molar-refractivity contribution in [1.29, 1.82) is 0 Å². The monoisotopic (exact) mass is 910 g/mol. The molecule has 1 amide bonds. The van der Waals surface area contributed by atoms with Gasteiger partial charge in [0.05, 0.1) is 34.6 Å². The maximum Gasteiger partial charge on any atom is 0.357 e. The van der Waals surface area contributed by atoms with E-state index in [-0.39, 0.29) is 66.0 Å². The Kier molecular flexibility index (Phi) is 29.6. The molecule has 21 nitrogen and oxygen atoms in total. The fourth-order valence-corrected chi connectivity index (χ4v) is 5.31. The van der Waals surface area contributed by atoms with Gasteiger partial charge in [-0.25, -0.2) is 38.6 Å². The van der Waals surface area contributed by atoms with E-state index in [4.69, 9.17) is 47.0 Å². The molecule has 0 bridgehead atoms. The summed E-state index contributed by atoms with van der Waals surface area (Å²) in [6.07, 6.45) is 1.97. The first-order valence-corrected chi connectivity index (χ1v) is 22.9. The summed E-state index contributed by atoms with van der Waals surface area (Å²) >= 11 is 0. The second-order valence-electron chi connectivity index (χ2n) is 12.3. The second-order valence-corrected chi connectivity index (χ2v) is 19.1. The van der Waals surface area contributed by atoms with Crippen molar-refractivity contribution in [2.45, 2.75) is 33.9 Å². The van der Waals surface area contributed by atoms with E-state index in [1.165, 1.54) is 70.5 Å². The minimum absolute atomic E-state index is 0.0498. The normalized spacial score (nSPS) is 10.1. The highest BCUT2D eigenvalue weighted by molar-refractivity contribution is 6.66. The van der Waals surface area contributed by atoms with Crippen LogP contribution in [0.5, 0.6) is 0 Å². The van der Waals surface area contributed by atoms with E-state index in [0.29, 0.717) is 6.17 Å². The fourth-order valence-electron chi connectivity index (χ4n) is 3.60. The van der Waals surface area contributed by atoms with Crippen molar-refractivity contribution >= 4 is 64.9 Å². The van der Waals surface area contributed by atoms with Gasteiger partial charge in [0.25, 0.3) is 5.91 Å². The summed E-state index contributed by atoms with van der Waals surface area (Å²) in [4.78, 5) is 95.2. The molecule has 0 aliphatic rings. The number of aliphatic imine (C=N–C) groups is 1. The van der Waals surface area contributed by atoms with Gasteiger partial charge in [0, 0.05) is 46.5 Å². The van der Waals surface area contributed by atoms with Crippen LogP contribution in [-0.2, 0) is 60.7 Å². The molecular formula is C39H54N2O19Si2. The molecular weight excluding hydrogens is 857 g/mol. The molecule has 342 valence electrons. The smallest absolute Gasteiger partial charge is 0.357 e. The Balaban J connectivity index is 0. The number of isocyanates is 1.